The molecule has 0 aliphatic carbocycles. The minimum atomic E-state index is -0.627. The van der Waals surface area contributed by atoms with Gasteiger partial charge in [-0.15, -0.1) is 0 Å². The first-order chi connectivity index (χ1) is 17.8. The number of nitrogens with zero attached hydrogens (tertiary/aromatic N) is 6. The maximum Gasteiger partial charge on any atom is 0.246 e. The third-order valence-corrected chi connectivity index (χ3v) is 6.40. The Morgan fingerprint density at radius 1 is 1.16 bits per heavy atom. The van der Waals surface area contributed by atoms with Crippen molar-refractivity contribution in [2.45, 2.75) is 13.8 Å². The normalized spacial score (nSPS) is 13.2. The van der Waals surface area contributed by atoms with Crippen LogP contribution in [0, 0.1) is 29.9 Å². The number of fused-ring (bicyclic) bond motifs is 2. The standard InChI is InChI=1S/C25H20ClF2N5O.C2H3N/c1-3-19(34)32-9-11-33(12-10-32)25-17-13-29-23(22(28)24(17)30-14(2)31-25)16-6-4-5-15-7-8-18(27)21(26)20(15)16;1-2-3/h3-8,13H,1,9-12H2,2H3;1H3. The minimum absolute atomic E-state index is 0.0380. The summed E-state index contributed by atoms with van der Waals surface area (Å²) in [6.45, 7) is 8.74. The Balaban J connectivity index is 0.00000102. The van der Waals surface area contributed by atoms with Crippen LogP contribution in [0.15, 0.2) is 49.2 Å². The summed E-state index contributed by atoms with van der Waals surface area (Å²) in [4.78, 5) is 28.9. The van der Waals surface area contributed by atoms with Crippen LogP contribution in [0.2, 0.25) is 5.02 Å². The van der Waals surface area contributed by atoms with Crippen molar-refractivity contribution < 1.29 is 13.6 Å². The van der Waals surface area contributed by atoms with Gasteiger partial charge in [-0.3, -0.25) is 9.78 Å². The maximum atomic E-state index is 15.9. The van der Waals surface area contributed by atoms with Gasteiger partial charge in [0.2, 0.25) is 5.91 Å². The summed E-state index contributed by atoms with van der Waals surface area (Å²) < 4.78 is 30.1. The monoisotopic (exact) mass is 520 g/mol. The Hall–Kier alpha value is -4.16. The van der Waals surface area contributed by atoms with Gasteiger partial charge in [-0.25, -0.2) is 18.7 Å². The molecule has 0 unspecified atom stereocenters. The molecular weight excluding hydrogens is 498 g/mol. The molecule has 0 N–H and O–H groups in total. The average molecular weight is 521 g/mol. The molecule has 2 aromatic heterocycles. The molecule has 2 aromatic carbocycles. The van der Waals surface area contributed by atoms with Crippen molar-refractivity contribution in [3.8, 4) is 17.3 Å². The first kappa shape index (κ1) is 25.9. The lowest BCUT2D eigenvalue weighted by Crippen LogP contribution is -2.48. The summed E-state index contributed by atoms with van der Waals surface area (Å²) in [7, 11) is 0. The highest BCUT2D eigenvalue weighted by atomic mass is 35.5. The molecule has 188 valence electrons. The van der Waals surface area contributed by atoms with Crippen molar-refractivity contribution in [1.29, 1.82) is 5.26 Å². The molecule has 1 aliphatic rings. The third-order valence-electron chi connectivity index (χ3n) is 6.03. The number of nitriles is 1. The highest BCUT2D eigenvalue weighted by Crippen LogP contribution is 2.37. The van der Waals surface area contributed by atoms with Crippen LogP contribution in [0.25, 0.3) is 32.9 Å². The number of rotatable bonds is 3. The van der Waals surface area contributed by atoms with Crippen LogP contribution in [-0.4, -0.2) is 51.9 Å². The van der Waals surface area contributed by atoms with Gasteiger partial charge in [0.15, 0.2) is 5.82 Å². The van der Waals surface area contributed by atoms with Crippen molar-refractivity contribution in [2.24, 2.45) is 0 Å². The fourth-order valence-corrected chi connectivity index (χ4v) is 4.63. The Labute approximate surface area is 217 Å². The third kappa shape index (κ3) is 4.93. The number of piperazine rings is 1. The van der Waals surface area contributed by atoms with Crippen LogP contribution in [-0.2, 0) is 4.79 Å². The second-order valence-electron chi connectivity index (χ2n) is 8.28. The Morgan fingerprint density at radius 2 is 1.86 bits per heavy atom. The van der Waals surface area contributed by atoms with Crippen LogP contribution in [0.3, 0.4) is 0 Å². The number of carbonyl (C=O) groups is 1. The van der Waals surface area contributed by atoms with E-state index in [9.17, 15) is 9.18 Å². The quantitative estimate of drug-likeness (QED) is 0.334. The highest BCUT2D eigenvalue weighted by molar-refractivity contribution is 6.36. The molecule has 5 rings (SSSR count). The molecule has 10 heteroatoms. The molecule has 4 aromatic rings. The second kappa shape index (κ2) is 10.8. The predicted octanol–water partition coefficient (Wildman–Crippen LogP) is 5.45. The number of anilines is 1. The molecule has 0 radical (unpaired) electrons. The zero-order valence-corrected chi connectivity index (χ0v) is 21.1. The van der Waals surface area contributed by atoms with Crippen molar-refractivity contribution >= 4 is 45.0 Å². The molecule has 0 bridgehead atoms. The molecular formula is C27H23ClF2N6O. The van der Waals surface area contributed by atoms with E-state index in [1.165, 1.54) is 25.3 Å². The van der Waals surface area contributed by atoms with Gasteiger partial charge in [0.1, 0.15) is 28.7 Å². The van der Waals surface area contributed by atoms with Crippen LogP contribution in [0.4, 0.5) is 14.6 Å². The Bertz CT molecular complexity index is 1560. The summed E-state index contributed by atoms with van der Waals surface area (Å²) in [5.74, 6) is -0.362. The van der Waals surface area contributed by atoms with Gasteiger partial charge in [-0.05, 0) is 24.5 Å². The van der Waals surface area contributed by atoms with Crippen molar-refractivity contribution in [1.82, 2.24) is 19.9 Å². The molecule has 7 nitrogen and oxygen atoms in total. The zero-order chi connectivity index (χ0) is 26.7. The topological polar surface area (TPSA) is 86.0 Å². The lowest BCUT2D eigenvalue weighted by atomic mass is 10.0. The van der Waals surface area contributed by atoms with Gasteiger partial charge < -0.3 is 9.80 Å². The van der Waals surface area contributed by atoms with E-state index in [0.717, 1.165) is 0 Å². The van der Waals surface area contributed by atoms with Gasteiger partial charge in [-0.1, -0.05) is 42.4 Å². The number of pyridine rings is 1. The van der Waals surface area contributed by atoms with E-state index < -0.39 is 11.6 Å². The summed E-state index contributed by atoms with van der Waals surface area (Å²) in [5.41, 5.74) is 0.549. The molecule has 1 fully saturated rings. The molecule has 0 atom stereocenters. The summed E-state index contributed by atoms with van der Waals surface area (Å²) in [5, 5.41) is 8.77. The molecule has 1 amide bonds. The number of aryl methyl sites for hydroxylation is 1. The van der Waals surface area contributed by atoms with Crippen molar-refractivity contribution in [2.75, 3.05) is 31.1 Å². The van der Waals surface area contributed by atoms with Gasteiger partial charge in [0.25, 0.3) is 0 Å². The average Bonchev–Trinajstić information content (AvgIpc) is 2.91. The van der Waals surface area contributed by atoms with Crippen LogP contribution < -0.4 is 4.90 Å². The number of aromatic nitrogens is 3. The van der Waals surface area contributed by atoms with E-state index >= 15 is 4.39 Å². The molecule has 1 saturated heterocycles. The maximum absolute atomic E-state index is 15.9. The lowest BCUT2D eigenvalue weighted by Gasteiger charge is -2.35. The number of carbonyl (C=O) groups excluding carboxylic acids is 1. The van der Waals surface area contributed by atoms with E-state index in [1.54, 1.807) is 42.2 Å². The Morgan fingerprint density at radius 3 is 2.54 bits per heavy atom. The van der Waals surface area contributed by atoms with E-state index in [0.29, 0.717) is 59.5 Å². The lowest BCUT2D eigenvalue weighted by molar-refractivity contribution is -0.126. The smallest absolute Gasteiger partial charge is 0.246 e. The molecule has 1 aliphatic heterocycles. The van der Waals surface area contributed by atoms with Crippen LogP contribution >= 0.6 is 11.6 Å². The van der Waals surface area contributed by atoms with Gasteiger partial charge in [0, 0.05) is 50.2 Å². The minimum Gasteiger partial charge on any atom is -0.352 e. The van der Waals surface area contributed by atoms with E-state index in [4.69, 9.17) is 16.9 Å². The van der Waals surface area contributed by atoms with Gasteiger partial charge >= 0.3 is 0 Å². The van der Waals surface area contributed by atoms with Crippen LogP contribution in [0.5, 0.6) is 0 Å². The molecule has 3 heterocycles. The number of hydrogen-bond donors (Lipinski definition) is 0. The van der Waals surface area contributed by atoms with Gasteiger partial charge in [-0.2, -0.15) is 5.26 Å². The zero-order valence-electron chi connectivity index (χ0n) is 20.3. The van der Waals surface area contributed by atoms with E-state index in [-0.39, 0.29) is 22.1 Å². The fourth-order valence-electron chi connectivity index (χ4n) is 4.35. The molecule has 0 spiro atoms. The van der Waals surface area contributed by atoms with E-state index in [2.05, 4.69) is 21.5 Å². The number of benzene rings is 2. The molecule has 0 saturated carbocycles. The summed E-state index contributed by atoms with van der Waals surface area (Å²) in [6.07, 6.45) is 2.84. The fraction of sp³-hybridized carbons (Fsp3) is 0.222. The number of hydrogen-bond acceptors (Lipinski definition) is 6. The number of amides is 1. The largest absolute Gasteiger partial charge is 0.352 e. The second-order valence-corrected chi connectivity index (χ2v) is 8.66. The van der Waals surface area contributed by atoms with Crippen LogP contribution in [0.1, 0.15) is 12.7 Å². The van der Waals surface area contributed by atoms with Crippen molar-refractivity contribution in [3.05, 3.63) is 71.7 Å². The molecule has 37 heavy (non-hydrogen) atoms. The highest BCUT2D eigenvalue weighted by Gasteiger charge is 2.25. The summed E-state index contributed by atoms with van der Waals surface area (Å²) >= 11 is 6.26. The summed E-state index contributed by atoms with van der Waals surface area (Å²) in [6, 6.07) is 9.82. The first-order valence-electron chi connectivity index (χ1n) is 11.5. The van der Waals surface area contributed by atoms with Gasteiger partial charge in [0.05, 0.1) is 16.5 Å². The first-order valence-corrected chi connectivity index (χ1v) is 11.9. The SMILES string of the molecule is C=CC(=O)N1CCN(c2nc(C)nc3c(F)c(-c4cccc5ccc(F)c(Cl)c45)ncc23)CC1.CC#N. The Kier molecular flexibility index (Phi) is 7.60. The van der Waals surface area contributed by atoms with Crippen molar-refractivity contribution in [3.63, 3.8) is 0 Å². The predicted molar refractivity (Wildman–Crippen MR) is 140 cm³/mol. The number of halogens is 3. The van der Waals surface area contributed by atoms with E-state index in [1.807, 2.05) is 4.90 Å².